The predicted octanol–water partition coefficient (Wildman–Crippen LogP) is 2.43. The Morgan fingerprint density at radius 1 is 1.48 bits per heavy atom. The minimum Gasteiger partial charge on any atom is -0.481 e. The van der Waals surface area contributed by atoms with E-state index in [4.69, 9.17) is 4.74 Å². The van der Waals surface area contributed by atoms with E-state index in [1.165, 1.54) is 0 Å². The molecule has 2 N–H and O–H groups in total. The zero-order valence-electron chi connectivity index (χ0n) is 13.1. The van der Waals surface area contributed by atoms with Crippen molar-refractivity contribution in [2.24, 2.45) is 5.41 Å². The van der Waals surface area contributed by atoms with Gasteiger partial charge < -0.3 is 15.2 Å². The van der Waals surface area contributed by atoms with Crippen LogP contribution in [0.3, 0.4) is 0 Å². The van der Waals surface area contributed by atoms with Crippen molar-refractivity contribution in [3.8, 4) is 5.75 Å². The fourth-order valence-electron chi connectivity index (χ4n) is 2.83. The number of aliphatic hydroxyl groups is 1. The highest BCUT2D eigenvalue weighted by molar-refractivity contribution is 5.81. The van der Waals surface area contributed by atoms with E-state index in [2.05, 4.69) is 5.32 Å². The van der Waals surface area contributed by atoms with Gasteiger partial charge in [0.1, 0.15) is 5.75 Å². The molecule has 4 nitrogen and oxygen atoms in total. The normalized spacial score (nSPS) is 26.4. The molecule has 0 aliphatic heterocycles. The summed E-state index contributed by atoms with van der Waals surface area (Å²) in [7, 11) is 0. The second-order valence-electron chi connectivity index (χ2n) is 6.34. The Hall–Kier alpha value is -1.55. The van der Waals surface area contributed by atoms with Crippen molar-refractivity contribution in [2.45, 2.75) is 52.2 Å². The molecule has 0 saturated heterocycles. The van der Waals surface area contributed by atoms with Crippen LogP contribution in [0.15, 0.2) is 24.3 Å². The number of carbonyl (C=O) groups excluding carboxylic acids is 1. The molecule has 1 saturated carbocycles. The first-order valence-corrected chi connectivity index (χ1v) is 7.59. The summed E-state index contributed by atoms with van der Waals surface area (Å²) in [6, 6.07) is 7.68. The van der Waals surface area contributed by atoms with Gasteiger partial charge in [-0.25, -0.2) is 0 Å². The minimum absolute atomic E-state index is 0.0269. The molecule has 1 aliphatic carbocycles. The molecular formula is C17H25NO3. The maximum Gasteiger partial charge on any atom is 0.261 e. The van der Waals surface area contributed by atoms with Gasteiger partial charge in [-0.15, -0.1) is 0 Å². The van der Waals surface area contributed by atoms with Gasteiger partial charge in [0.25, 0.3) is 5.91 Å². The van der Waals surface area contributed by atoms with Crippen LogP contribution in [0.2, 0.25) is 0 Å². The molecule has 0 aromatic heterocycles. The van der Waals surface area contributed by atoms with E-state index < -0.39 is 6.10 Å². The quantitative estimate of drug-likeness (QED) is 0.876. The maximum absolute atomic E-state index is 12.3. The van der Waals surface area contributed by atoms with E-state index in [1.807, 2.05) is 38.1 Å². The first-order chi connectivity index (χ1) is 9.94. The highest BCUT2D eigenvalue weighted by Crippen LogP contribution is 2.37. The van der Waals surface area contributed by atoms with Gasteiger partial charge in [0.05, 0.1) is 6.61 Å². The molecule has 1 amide bonds. The lowest BCUT2D eigenvalue weighted by atomic mass is 9.85. The molecule has 1 aromatic carbocycles. The molecule has 1 aliphatic rings. The van der Waals surface area contributed by atoms with Crippen molar-refractivity contribution in [3.63, 3.8) is 0 Å². The van der Waals surface area contributed by atoms with Gasteiger partial charge in [-0.1, -0.05) is 31.0 Å². The smallest absolute Gasteiger partial charge is 0.261 e. The van der Waals surface area contributed by atoms with E-state index in [-0.39, 0.29) is 24.0 Å². The lowest BCUT2D eigenvalue weighted by Gasteiger charge is -2.31. The number of hydrogen-bond donors (Lipinski definition) is 2. The van der Waals surface area contributed by atoms with Gasteiger partial charge in [0.15, 0.2) is 6.10 Å². The maximum atomic E-state index is 12.3. The highest BCUT2D eigenvalue weighted by atomic mass is 16.5. The number of ether oxygens (including phenoxy) is 1. The van der Waals surface area contributed by atoms with Crippen molar-refractivity contribution < 1.29 is 14.6 Å². The lowest BCUT2D eigenvalue weighted by molar-refractivity contribution is -0.128. The number of nitrogens with one attached hydrogen (secondary N) is 1. The molecule has 0 heterocycles. The van der Waals surface area contributed by atoms with E-state index >= 15 is 0 Å². The first kappa shape index (κ1) is 15.8. The van der Waals surface area contributed by atoms with Crippen LogP contribution in [0, 0.1) is 12.3 Å². The fraction of sp³-hybridized carbons (Fsp3) is 0.588. The number of aryl methyl sites for hydroxylation is 1. The van der Waals surface area contributed by atoms with Crippen LogP contribution in [-0.2, 0) is 4.79 Å². The second-order valence-corrected chi connectivity index (χ2v) is 6.34. The number of benzene rings is 1. The van der Waals surface area contributed by atoms with E-state index in [0.717, 1.165) is 24.8 Å². The molecule has 2 rings (SSSR count). The zero-order valence-corrected chi connectivity index (χ0v) is 13.1. The molecule has 1 fully saturated rings. The summed E-state index contributed by atoms with van der Waals surface area (Å²) in [5, 5.41) is 12.6. The SMILES string of the molecule is Cc1ccc(OC(C)C(=O)NC2CCCC2(C)CO)cc1. The fourth-order valence-corrected chi connectivity index (χ4v) is 2.83. The average Bonchev–Trinajstić information content (AvgIpc) is 2.83. The third-order valence-corrected chi connectivity index (χ3v) is 4.46. The van der Waals surface area contributed by atoms with Crippen LogP contribution in [0.5, 0.6) is 5.75 Å². The van der Waals surface area contributed by atoms with Gasteiger partial charge in [0, 0.05) is 11.5 Å². The van der Waals surface area contributed by atoms with Crippen LogP contribution in [0.25, 0.3) is 0 Å². The molecule has 3 atom stereocenters. The Morgan fingerprint density at radius 2 is 2.14 bits per heavy atom. The minimum atomic E-state index is -0.545. The molecule has 0 spiro atoms. The third-order valence-electron chi connectivity index (χ3n) is 4.46. The summed E-state index contributed by atoms with van der Waals surface area (Å²) in [5.74, 6) is 0.571. The van der Waals surface area contributed by atoms with Crippen molar-refractivity contribution in [3.05, 3.63) is 29.8 Å². The molecule has 3 unspecified atom stereocenters. The van der Waals surface area contributed by atoms with Crippen LogP contribution in [0.4, 0.5) is 0 Å². The Kier molecular flexibility index (Phi) is 4.88. The Balaban J connectivity index is 1.92. The van der Waals surface area contributed by atoms with Crippen LogP contribution in [-0.4, -0.2) is 29.8 Å². The number of amides is 1. The zero-order chi connectivity index (χ0) is 15.5. The summed E-state index contributed by atoms with van der Waals surface area (Å²) in [4.78, 5) is 12.3. The number of aliphatic hydroxyl groups excluding tert-OH is 1. The van der Waals surface area contributed by atoms with Gasteiger partial charge in [0.2, 0.25) is 0 Å². The van der Waals surface area contributed by atoms with Crippen molar-refractivity contribution >= 4 is 5.91 Å². The van der Waals surface area contributed by atoms with Gasteiger partial charge >= 0.3 is 0 Å². The molecule has 21 heavy (non-hydrogen) atoms. The summed E-state index contributed by atoms with van der Waals surface area (Å²) >= 11 is 0. The summed E-state index contributed by atoms with van der Waals surface area (Å²) in [6.07, 6.45) is 2.35. The van der Waals surface area contributed by atoms with Gasteiger partial charge in [-0.3, -0.25) is 4.79 Å². The van der Waals surface area contributed by atoms with E-state index in [9.17, 15) is 9.90 Å². The van der Waals surface area contributed by atoms with Crippen LogP contribution >= 0.6 is 0 Å². The van der Waals surface area contributed by atoms with Gasteiger partial charge in [-0.2, -0.15) is 0 Å². The Morgan fingerprint density at radius 3 is 2.76 bits per heavy atom. The standard InChI is InChI=1S/C17H25NO3/c1-12-6-8-14(9-7-12)21-13(2)16(20)18-15-5-4-10-17(15,3)11-19/h6-9,13,15,19H,4-5,10-11H2,1-3H3,(H,18,20). The van der Waals surface area contributed by atoms with Crippen molar-refractivity contribution in [1.29, 1.82) is 0 Å². The van der Waals surface area contributed by atoms with E-state index in [0.29, 0.717) is 5.75 Å². The largest absolute Gasteiger partial charge is 0.481 e. The third kappa shape index (κ3) is 3.76. The second kappa shape index (κ2) is 6.48. The van der Waals surface area contributed by atoms with Crippen molar-refractivity contribution in [2.75, 3.05) is 6.61 Å². The number of hydrogen-bond acceptors (Lipinski definition) is 3. The Bertz CT molecular complexity index is 485. The number of carbonyl (C=O) groups is 1. The number of rotatable bonds is 5. The van der Waals surface area contributed by atoms with Crippen molar-refractivity contribution in [1.82, 2.24) is 5.32 Å². The monoisotopic (exact) mass is 291 g/mol. The molecule has 4 heteroatoms. The highest BCUT2D eigenvalue weighted by Gasteiger charge is 2.39. The molecule has 116 valence electrons. The lowest BCUT2D eigenvalue weighted by Crippen LogP contribution is -2.48. The summed E-state index contributed by atoms with van der Waals surface area (Å²) in [6.45, 7) is 5.89. The molecule has 0 radical (unpaired) electrons. The van der Waals surface area contributed by atoms with Gasteiger partial charge in [-0.05, 0) is 38.8 Å². The Labute approximate surface area is 126 Å². The van der Waals surface area contributed by atoms with Crippen LogP contribution < -0.4 is 10.1 Å². The molecule has 1 aromatic rings. The molecular weight excluding hydrogens is 266 g/mol. The predicted molar refractivity (Wildman–Crippen MR) is 82.2 cm³/mol. The summed E-state index contributed by atoms with van der Waals surface area (Å²) in [5.41, 5.74) is 0.948. The summed E-state index contributed by atoms with van der Waals surface area (Å²) < 4.78 is 5.67. The van der Waals surface area contributed by atoms with E-state index in [1.54, 1.807) is 6.92 Å². The average molecular weight is 291 g/mol. The topological polar surface area (TPSA) is 58.6 Å². The van der Waals surface area contributed by atoms with Crippen LogP contribution in [0.1, 0.15) is 38.7 Å². The first-order valence-electron chi connectivity index (χ1n) is 7.59. The molecule has 0 bridgehead atoms.